The molecule has 2 rings (SSSR count). The number of aromatic carboxylic acids is 1. The number of nitrogens with one attached hydrogen (secondary N) is 1. The van der Waals surface area contributed by atoms with Crippen LogP contribution < -0.4 is 5.43 Å². The number of hydrazine groups is 1. The van der Waals surface area contributed by atoms with Crippen LogP contribution >= 0.6 is 0 Å². The number of nitrogens with zero attached hydrogens (tertiary/aromatic N) is 2. The smallest absolute Gasteiger partial charge is 0.342 e. The Bertz CT molecular complexity index is 551. The molecule has 7 heteroatoms. The number of carboxylic acids is 1. The minimum Gasteiger partial charge on any atom is -0.477 e. The van der Waals surface area contributed by atoms with Gasteiger partial charge in [0, 0.05) is 12.1 Å². The molecule has 1 aromatic carbocycles. The molecule has 7 nitrogen and oxygen atoms in total. The van der Waals surface area contributed by atoms with E-state index in [1.807, 2.05) is 5.01 Å². The molecule has 0 spiro atoms. The van der Waals surface area contributed by atoms with Crippen LogP contribution in [0.4, 0.5) is 11.4 Å². The van der Waals surface area contributed by atoms with Crippen molar-refractivity contribution in [2.75, 3.05) is 5.43 Å². The summed E-state index contributed by atoms with van der Waals surface area (Å²) in [7, 11) is 0. The van der Waals surface area contributed by atoms with Crippen molar-refractivity contribution in [3.63, 3.8) is 0 Å². The van der Waals surface area contributed by atoms with Crippen molar-refractivity contribution in [1.82, 2.24) is 5.01 Å². The van der Waals surface area contributed by atoms with Crippen LogP contribution in [0, 0.1) is 10.1 Å². The lowest BCUT2D eigenvalue weighted by molar-refractivity contribution is -0.384. The summed E-state index contributed by atoms with van der Waals surface area (Å²) in [5, 5.41) is 22.3. The molecule has 1 fully saturated rings. The van der Waals surface area contributed by atoms with Crippen LogP contribution in [0.25, 0.3) is 0 Å². The van der Waals surface area contributed by atoms with E-state index in [9.17, 15) is 14.9 Å². The molecule has 0 aromatic heterocycles. The maximum Gasteiger partial charge on any atom is 0.342 e. The Morgan fingerprint density at radius 3 is 2.52 bits per heavy atom. The Morgan fingerprint density at radius 2 is 2.00 bits per heavy atom. The number of carbonyl (C=O) groups is 1. The predicted octanol–water partition coefficient (Wildman–Crippen LogP) is 2.88. The molecule has 2 unspecified atom stereocenters. The zero-order valence-electron chi connectivity index (χ0n) is 12.1. The van der Waals surface area contributed by atoms with Crippen LogP contribution in [0.5, 0.6) is 0 Å². The average Bonchev–Trinajstić information content (AvgIpc) is 2.42. The summed E-state index contributed by atoms with van der Waals surface area (Å²) in [6.45, 7) is 4.10. The number of carboxylic acid groups (broad SMARTS) is 1. The van der Waals surface area contributed by atoms with Gasteiger partial charge in [0.25, 0.3) is 0 Å². The van der Waals surface area contributed by atoms with Gasteiger partial charge in [0.1, 0.15) is 11.3 Å². The third-order valence-corrected chi connectivity index (χ3v) is 3.89. The predicted molar refractivity (Wildman–Crippen MR) is 78.3 cm³/mol. The van der Waals surface area contributed by atoms with Crippen LogP contribution in [0.2, 0.25) is 0 Å². The molecular weight excluding hydrogens is 274 g/mol. The summed E-state index contributed by atoms with van der Waals surface area (Å²) in [6, 6.07) is 4.77. The molecule has 2 N–H and O–H groups in total. The lowest BCUT2D eigenvalue weighted by Gasteiger charge is -2.39. The van der Waals surface area contributed by atoms with E-state index < -0.39 is 16.6 Å². The Balaban J connectivity index is 2.37. The second-order valence-electron chi connectivity index (χ2n) is 5.41. The Hall–Kier alpha value is -2.15. The van der Waals surface area contributed by atoms with E-state index in [-0.39, 0.29) is 23.3 Å². The number of hydrogen-bond acceptors (Lipinski definition) is 5. The molecule has 0 radical (unpaired) electrons. The first-order chi connectivity index (χ1) is 9.91. The average molecular weight is 293 g/mol. The molecular formula is C14H19N3O4. The number of hydrogen-bond donors (Lipinski definition) is 2. The maximum absolute atomic E-state index is 11.2. The highest BCUT2D eigenvalue weighted by Crippen LogP contribution is 2.31. The molecule has 114 valence electrons. The van der Waals surface area contributed by atoms with Crippen LogP contribution in [0.15, 0.2) is 18.2 Å². The normalized spacial score (nSPS) is 22.8. The van der Waals surface area contributed by atoms with Crippen molar-refractivity contribution >= 4 is 17.3 Å². The van der Waals surface area contributed by atoms with Gasteiger partial charge in [-0.15, -0.1) is 0 Å². The van der Waals surface area contributed by atoms with E-state index in [1.165, 1.54) is 12.1 Å². The number of anilines is 1. The topological polar surface area (TPSA) is 95.7 Å². The van der Waals surface area contributed by atoms with Gasteiger partial charge in [0.2, 0.25) is 0 Å². The fourth-order valence-electron chi connectivity index (χ4n) is 2.78. The van der Waals surface area contributed by atoms with Gasteiger partial charge in [0.15, 0.2) is 0 Å². The van der Waals surface area contributed by atoms with E-state index >= 15 is 0 Å². The molecule has 0 saturated carbocycles. The van der Waals surface area contributed by atoms with Crippen molar-refractivity contribution in [2.24, 2.45) is 0 Å². The summed E-state index contributed by atoms with van der Waals surface area (Å²) in [6.07, 6.45) is 3.13. The highest BCUT2D eigenvalue weighted by molar-refractivity contribution is 5.95. The highest BCUT2D eigenvalue weighted by atomic mass is 16.6. The molecule has 1 heterocycles. The van der Waals surface area contributed by atoms with E-state index in [2.05, 4.69) is 19.3 Å². The number of nitro groups is 1. The van der Waals surface area contributed by atoms with Crippen molar-refractivity contribution in [3.05, 3.63) is 33.9 Å². The monoisotopic (exact) mass is 293 g/mol. The summed E-state index contributed by atoms with van der Waals surface area (Å²) >= 11 is 0. The van der Waals surface area contributed by atoms with Gasteiger partial charge in [-0.3, -0.25) is 10.1 Å². The largest absolute Gasteiger partial charge is 0.477 e. The molecule has 0 amide bonds. The number of para-hydroxylation sites is 1. The minimum atomic E-state index is -1.30. The van der Waals surface area contributed by atoms with E-state index in [0.717, 1.165) is 19.3 Å². The first kappa shape index (κ1) is 15.2. The van der Waals surface area contributed by atoms with E-state index in [0.29, 0.717) is 0 Å². The van der Waals surface area contributed by atoms with Gasteiger partial charge >= 0.3 is 11.7 Å². The third kappa shape index (κ3) is 3.13. The van der Waals surface area contributed by atoms with Gasteiger partial charge in [-0.2, -0.15) is 0 Å². The molecule has 0 bridgehead atoms. The van der Waals surface area contributed by atoms with E-state index in [4.69, 9.17) is 5.11 Å². The zero-order valence-corrected chi connectivity index (χ0v) is 12.1. The second kappa shape index (κ2) is 6.09. The van der Waals surface area contributed by atoms with Gasteiger partial charge < -0.3 is 10.5 Å². The Labute approximate surface area is 122 Å². The Morgan fingerprint density at radius 1 is 1.38 bits per heavy atom. The van der Waals surface area contributed by atoms with Crippen molar-refractivity contribution < 1.29 is 14.8 Å². The summed E-state index contributed by atoms with van der Waals surface area (Å²) in [5.74, 6) is -1.30. The molecule has 1 aromatic rings. The molecule has 1 aliphatic heterocycles. The lowest BCUT2D eigenvalue weighted by atomic mass is 10.00. The van der Waals surface area contributed by atoms with Gasteiger partial charge in [0.05, 0.1) is 4.92 Å². The number of rotatable bonds is 4. The van der Waals surface area contributed by atoms with Crippen LogP contribution in [-0.2, 0) is 0 Å². The molecule has 2 atom stereocenters. The number of piperidine rings is 1. The number of benzene rings is 1. The Kier molecular flexibility index (Phi) is 4.42. The van der Waals surface area contributed by atoms with E-state index in [1.54, 1.807) is 6.07 Å². The van der Waals surface area contributed by atoms with Crippen LogP contribution in [0.3, 0.4) is 0 Å². The van der Waals surface area contributed by atoms with Crippen molar-refractivity contribution in [2.45, 2.75) is 45.2 Å². The third-order valence-electron chi connectivity index (χ3n) is 3.89. The zero-order chi connectivity index (χ0) is 15.6. The number of nitro benzene ring substituents is 1. The van der Waals surface area contributed by atoms with Crippen molar-refractivity contribution in [3.8, 4) is 0 Å². The highest BCUT2D eigenvalue weighted by Gasteiger charge is 2.29. The fraction of sp³-hybridized carbons (Fsp3) is 0.500. The van der Waals surface area contributed by atoms with Gasteiger partial charge in [-0.05, 0) is 38.8 Å². The minimum absolute atomic E-state index is 0.223. The standard InChI is InChI=1S/C14H19N3O4/c1-9-5-3-6-10(2)16(9)15-12-8-4-7-11(14(18)19)13(12)17(20)21/h4,7-10,15H,3,5-6H2,1-2H3,(H,18,19). The first-order valence-corrected chi connectivity index (χ1v) is 6.97. The van der Waals surface area contributed by atoms with Gasteiger partial charge in [-0.1, -0.05) is 12.5 Å². The van der Waals surface area contributed by atoms with Crippen LogP contribution in [-0.4, -0.2) is 33.1 Å². The van der Waals surface area contributed by atoms with Gasteiger partial charge in [-0.25, -0.2) is 9.80 Å². The summed E-state index contributed by atoms with van der Waals surface area (Å²) < 4.78 is 0. The molecule has 1 aliphatic rings. The quantitative estimate of drug-likeness (QED) is 0.654. The molecule has 21 heavy (non-hydrogen) atoms. The van der Waals surface area contributed by atoms with Crippen molar-refractivity contribution in [1.29, 1.82) is 0 Å². The first-order valence-electron chi connectivity index (χ1n) is 6.97. The molecule has 0 aliphatic carbocycles. The second-order valence-corrected chi connectivity index (χ2v) is 5.41. The fourth-order valence-corrected chi connectivity index (χ4v) is 2.78. The summed E-state index contributed by atoms with van der Waals surface area (Å²) in [4.78, 5) is 21.7. The SMILES string of the molecule is CC1CCCC(C)N1Nc1cccc(C(=O)O)c1[N+](=O)[O-]. The van der Waals surface area contributed by atoms with Crippen LogP contribution in [0.1, 0.15) is 43.5 Å². The summed E-state index contributed by atoms with van der Waals surface area (Å²) in [5.41, 5.74) is 2.58. The molecule has 1 saturated heterocycles. The lowest BCUT2D eigenvalue weighted by Crippen LogP contribution is -2.47. The maximum atomic E-state index is 11.2.